The van der Waals surface area contributed by atoms with Crippen LogP contribution in [0.2, 0.25) is 0 Å². The van der Waals surface area contributed by atoms with E-state index in [-0.39, 0.29) is 12.2 Å². The van der Waals surface area contributed by atoms with Gasteiger partial charge in [0.2, 0.25) is 0 Å². The zero-order valence-electron chi connectivity index (χ0n) is 10.5. The first-order chi connectivity index (χ1) is 7.76. The maximum absolute atomic E-state index is 10.2. The highest BCUT2D eigenvalue weighted by atomic mass is 16.4. The Bertz CT molecular complexity index is 342. The number of nitrogens with zero attached hydrogens (tertiary/aromatic N) is 1. The summed E-state index contributed by atoms with van der Waals surface area (Å²) in [7, 11) is 6.16. The summed E-state index contributed by atoms with van der Waals surface area (Å²) >= 11 is 0. The summed E-state index contributed by atoms with van der Waals surface area (Å²) in [6.45, 7) is 1.11. The van der Waals surface area contributed by atoms with E-state index >= 15 is 0 Å². The molecule has 0 bridgehead atoms. The first-order valence-corrected chi connectivity index (χ1v) is 5.24. The van der Waals surface area contributed by atoms with Gasteiger partial charge in [-0.3, -0.25) is 0 Å². The number of nitrogen functional groups attached to an aromatic ring is 1. The van der Waals surface area contributed by atoms with Gasteiger partial charge in [-0.05, 0) is 17.7 Å². The molecule has 1 rings (SSSR count). The van der Waals surface area contributed by atoms with E-state index in [9.17, 15) is 9.90 Å². The molecule has 0 aliphatic heterocycles. The van der Waals surface area contributed by atoms with Gasteiger partial charge in [-0.25, -0.2) is 0 Å². The Hall–Kier alpha value is -1.59. The van der Waals surface area contributed by atoms with Crippen molar-refractivity contribution in [2.24, 2.45) is 0 Å². The topological polar surface area (TPSA) is 86.4 Å². The van der Waals surface area contributed by atoms with Crippen LogP contribution in [0.3, 0.4) is 0 Å². The summed E-state index contributed by atoms with van der Waals surface area (Å²) in [6, 6.07) is 5.85. The fourth-order valence-electron chi connectivity index (χ4n) is 0.919. The van der Waals surface area contributed by atoms with Crippen LogP contribution in [0.1, 0.15) is 10.4 Å². The van der Waals surface area contributed by atoms with Crippen LogP contribution < -0.4 is 10.8 Å². The Kier molecular flexibility index (Phi) is 6.23. The summed E-state index contributed by atoms with van der Waals surface area (Å²) in [5, 5.41) is 18.5. The van der Waals surface area contributed by atoms with Gasteiger partial charge in [-0.1, -0.05) is 12.1 Å². The van der Waals surface area contributed by atoms with Crippen molar-refractivity contribution in [3.8, 4) is 0 Å². The lowest BCUT2D eigenvalue weighted by Crippen LogP contribution is -2.36. The van der Waals surface area contributed by atoms with Gasteiger partial charge in [0.05, 0.1) is 33.7 Å². The van der Waals surface area contributed by atoms with Gasteiger partial charge in [-0.2, -0.15) is 0 Å². The summed E-state index contributed by atoms with van der Waals surface area (Å²) in [4.78, 5) is 10.2. The van der Waals surface area contributed by atoms with Gasteiger partial charge in [-0.15, -0.1) is 0 Å². The number of hydrogen-bond donors (Lipinski definition) is 2. The zero-order valence-corrected chi connectivity index (χ0v) is 10.5. The van der Waals surface area contributed by atoms with E-state index in [1.807, 2.05) is 0 Å². The monoisotopic (exact) mass is 240 g/mol. The number of nitrogens with two attached hydrogens (primary N) is 1. The summed E-state index contributed by atoms with van der Waals surface area (Å²) in [5.41, 5.74) is 6.01. The number of benzene rings is 1. The van der Waals surface area contributed by atoms with Crippen LogP contribution in [0, 0.1) is 0 Å². The zero-order chi connectivity index (χ0) is 13.5. The standard InChI is InChI=1S/C7H7NO2.C5H14NO/c8-6-3-1-5(2-4-6)7(9)10;1-6(2,3)4-5-7/h1-4H,8H2,(H,9,10);7H,4-5H2,1-3H3/q;+1/p-1. The van der Waals surface area contributed by atoms with Gasteiger partial charge < -0.3 is 25.2 Å². The molecule has 0 aliphatic rings. The number of rotatable bonds is 3. The molecule has 0 amide bonds. The quantitative estimate of drug-likeness (QED) is 0.541. The smallest absolute Gasteiger partial charge is 0.101 e. The lowest BCUT2D eigenvalue weighted by atomic mass is 10.2. The van der Waals surface area contributed by atoms with E-state index in [4.69, 9.17) is 10.8 Å². The number of hydrogen-bond acceptors (Lipinski definition) is 4. The van der Waals surface area contributed by atoms with Gasteiger partial charge in [0, 0.05) is 5.69 Å². The number of aliphatic hydroxyl groups is 1. The third-order valence-corrected chi connectivity index (χ3v) is 1.92. The lowest BCUT2D eigenvalue weighted by Gasteiger charge is -2.21. The Balaban J connectivity index is 0.000000325. The number of carboxylic acid groups (broad SMARTS) is 1. The Morgan fingerprint density at radius 1 is 1.29 bits per heavy atom. The molecule has 0 atom stereocenters. The highest BCUT2D eigenvalue weighted by Crippen LogP contribution is 2.03. The number of anilines is 1. The van der Waals surface area contributed by atoms with Gasteiger partial charge in [0.15, 0.2) is 0 Å². The van der Waals surface area contributed by atoms with E-state index in [2.05, 4.69) is 21.1 Å². The number of carbonyl (C=O) groups excluding carboxylic acids is 1. The first-order valence-electron chi connectivity index (χ1n) is 5.24. The number of quaternary nitrogens is 1. The van der Waals surface area contributed by atoms with Gasteiger partial charge in [0.1, 0.15) is 6.54 Å². The van der Waals surface area contributed by atoms with Crippen molar-refractivity contribution in [3.63, 3.8) is 0 Å². The van der Waals surface area contributed by atoms with Gasteiger partial charge in [0.25, 0.3) is 0 Å². The second-order valence-electron chi connectivity index (χ2n) is 4.65. The van der Waals surface area contributed by atoms with E-state index < -0.39 is 5.97 Å². The Morgan fingerprint density at radius 3 is 2.00 bits per heavy atom. The summed E-state index contributed by atoms with van der Waals surface area (Å²) in [5.74, 6) is -1.18. The molecule has 0 saturated carbocycles. The molecule has 0 heterocycles. The molecule has 0 aliphatic carbocycles. The highest BCUT2D eigenvalue weighted by molar-refractivity contribution is 5.86. The number of carboxylic acids is 1. The Morgan fingerprint density at radius 2 is 1.76 bits per heavy atom. The van der Waals surface area contributed by atoms with E-state index in [1.54, 1.807) is 0 Å². The van der Waals surface area contributed by atoms with Crippen LogP contribution in [0.4, 0.5) is 5.69 Å². The molecule has 1 aromatic carbocycles. The van der Waals surface area contributed by atoms with Crippen molar-refractivity contribution in [3.05, 3.63) is 29.8 Å². The molecule has 0 aromatic heterocycles. The predicted octanol–water partition coefficient (Wildman–Crippen LogP) is -0.683. The third-order valence-electron chi connectivity index (χ3n) is 1.92. The molecule has 3 N–H and O–H groups in total. The van der Waals surface area contributed by atoms with Crippen molar-refractivity contribution < 1.29 is 19.5 Å². The van der Waals surface area contributed by atoms with Crippen LogP contribution >= 0.6 is 0 Å². The van der Waals surface area contributed by atoms with Crippen LogP contribution in [0.25, 0.3) is 0 Å². The molecule has 0 unspecified atom stereocenters. The van der Waals surface area contributed by atoms with E-state index in [1.165, 1.54) is 24.3 Å². The normalized spacial score (nSPS) is 10.4. The van der Waals surface area contributed by atoms with Crippen LogP contribution in [-0.4, -0.2) is 49.9 Å². The molecule has 0 spiro atoms. The first kappa shape index (κ1) is 15.4. The maximum atomic E-state index is 10.2. The number of aromatic carboxylic acids is 1. The fourth-order valence-corrected chi connectivity index (χ4v) is 0.919. The molecule has 0 radical (unpaired) electrons. The highest BCUT2D eigenvalue weighted by Gasteiger charge is 2.02. The van der Waals surface area contributed by atoms with Crippen LogP contribution in [-0.2, 0) is 0 Å². The predicted molar refractivity (Wildman–Crippen MR) is 65.2 cm³/mol. The van der Waals surface area contributed by atoms with Crippen LogP contribution in [0.15, 0.2) is 24.3 Å². The molecule has 17 heavy (non-hydrogen) atoms. The van der Waals surface area contributed by atoms with Crippen LogP contribution in [0.5, 0.6) is 0 Å². The summed E-state index contributed by atoms with van der Waals surface area (Å²) in [6.07, 6.45) is 0. The molecule has 5 nitrogen and oxygen atoms in total. The molecule has 96 valence electrons. The number of carbonyl (C=O) groups is 1. The van der Waals surface area contributed by atoms with Crippen molar-refractivity contribution in [1.29, 1.82) is 0 Å². The third kappa shape index (κ3) is 8.24. The van der Waals surface area contributed by atoms with Crippen molar-refractivity contribution in [1.82, 2.24) is 0 Å². The van der Waals surface area contributed by atoms with Crippen molar-refractivity contribution >= 4 is 11.7 Å². The SMILES string of the molecule is C[N+](C)(C)CCO.Nc1ccc(C(=O)[O-])cc1. The molecule has 1 aromatic rings. The minimum absolute atomic E-state index is 0.147. The molecule has 5 heteroatoms. The second kappa shape index (κ2) is 6.88. The average molecular weight is 240 g/mol. The van der Waals surface area contributed by atoms with E-state index in [0.717, 1.165) is 11.0 Å². The summed E-state index contributed by atoms with van der Waals surface area (Å²) < 4.78 is 0.844. The minimum Gasteiger partial charge on any atom is -0.545 e. The molecule has 0 saturated heterocycles. The maximum Gasteiger partial charge on any atom is 0.101 e. The number of aliphatic hydroxyl groups excluding tert-OH is 1. The fraction of sp³-hybridized carbons (Fsp3) is 0.417. The largest absolute Gasteiger partial charge is 0.545 e. The molecular formula is C12H20N2O3. The molecule has 0 fully saturated rings. The lowest BCUT2D eigenvalue weighted by molar-refractivity contribution is -0.870. The van der Waals surface area contributed by atoms with Gasteiger partial charge >= 0.3 is 0 Å². The molecular weight excluding hydrogens is 220 g/mol. The Labute approximate surface area is 102 Å². The number of likely N-dealkylation sites (N-methyl/N-ethyl adjacent to an activating group) is 1. The second-order valence-corrected chi connectivity index (χ2v) is 4.65. The van der Waals surface area contributed by atoms with Crippen molar-refractivity contribution in [2.45, 2.75) is 0 Å². The average Bonchev–Trinajstić information content (AvgIpc) is 2.17. The van der Waals surface area contributed by atoms with Crippen molar-refractivity contribution in [2.75, 3.05) is 40.0 Å². The minimum atomic E-state index is -1.18. The van der Waals surface area contributed by atoms with E-state index in [0.29, 0.717) is 5.69 Å².